The average molecular weight is 220 g/mol. The standard InChI is InChI=1S/C7H12N2O4S/c1-2-13-7(11)5-8-6(10)3-4-14-9-12/h2-5H2,1H3,(H,8,10). The molecule has 0 aromatic heterocycles. The van der Waals surface area contributed by atoms with Crippen LogP contribution in [-0.4, -0.2) is 30.8 Å². The quantitative estimate of drug-likeness (QED) is 0.292. The Labute approximate surface area is 85.9 Å². The molecule has 0 unspecified atom stereocenters. The summed E-state index contributed by atoms with van der Waals surface area (Å²) in [5.41, 5.74) is 0. The Morgan fingerprint density at radius 2 is 2.21 bits per heavy atom. The van der Waals surface area contributed by atoms with Crippen molar-refractivity contribution in [3.8, 4) is 0 Å². The molecular formula is C7H12N2O4S. The molecule has 0 aliphatic rings. The van der Waals surface area contributed by atoms with E-state index in [0.717, 1.165) is 11.9 Å². The third kappa shape index (κ3) is 7.53. The maximum Gasteiger partial charge on any atom is 0.325 e. The fraction of sp³-hybridized carbons (Fsp3) is 0.714. The Morgan fingerprint density at radius 1 is 1.50 bits per heavy atom. The van der Waals surface area contributed by atoms with Crippen molar-refractivity contribution in [2.24, 2.45) is 4.58 Å². The molecule has 0 aromatic rings. The minimum Gasteiger partial charge on any atom is -0.465 e. The summed E-state index contributed by atoms with van der Waals surface area (Å²) in [6, 6.07) is 0. The van der Waals surface area contributed by atoms with E-state index in [1.54, 1.807) is 6.92 Å². The van der Waals surface area contributed by atoms with E-state index in [2.05, 4.69) is 14.6 Å². The van der Waals surface area contributed by atoms with E-state index in [1.807, 2.05) is 0 Å². The molecule has 0 atom stereocenters. The van der Waals surface area contributed by atoms with Crippen molar-refractivity contribution in [3.63, 3.8) is 0 Å². The molecule has 6 nitrogen and oxygen atoms in total. The molecule has 0 aliphatic carbocycles. The van der Waals surface area contributed by atoms with Crippen molar-refractivity contribution < 1.29 is 14.3 Å². The van der Waals surface area contributed by atoms with Gasteiger partial charge in [-0.05, 0) is 6.92 Å². The number of nitroso groups, excluding NO2 is 1. The molecule has 0 fully saturated rings. The number of esters is 1. The predicted molar refractivity (Wildman–Crippen MR) is 52.5 cm³/mol. The number of amides is 1. The molecule has 0 aliphatic heterocycles. The van der Waals surface area contributed by atoms with Crippen molar-refractivity contribution in [2.45, 2.75) is 13.3 Å². The van der Waals surface area contributed by atoms with Gasteiger partial charge in [0.1, 0.15) is 6.54 Å². The maximum atomic E-state index is 11.0. The van der Waals surface area contributed by atoms with E-state index in [-0.39, 0.29) is 18.9 Å². The van der Waals surface area contributed by atoms with Crippen molar-refractivity contribution >= 4 is 23.8 Å². The van der Waals surface area contributed by atoms with Crippen LogP contribution in [0.25, 0.3) is 0 Å². The van der Waals surface area contributed by atoms with Gasteiger partial charge in [0.2, 0.25) is 5.91 Å². The third-order valence-corrected chi connectivity index (χ3v) is 1.70. The second-order valence-corrected chi connectivity index (χ2v) is 3.06. The minimum absolute atomic E-state index is 0.133. The lowest BCUT2D eigenvalue weighted by Crippen LogP contribution is -2.30. The SMILES string of the molecule is CCOC(=O)CNC(=O)CCSN=O. The first kappa shape index (κ1) is 12.9. The first-order valence-corrected chi connectivity index (χ1v) is 5.02. The van der Waals surface area contributed by atoms with Crippen LogP contribution in [-0.2, 0) is 14.3 Å². The molecule has 14 heavy (non-hydrogen) atoms. The van der Waals surface area contributed by atoms with Crippen LogP contribution < -0.4 is 5.32 Å². The van der Waals surface area contributed by atoms with Crippen LogP contribution >= 0.6 is 11.9 Å². The molecule has 0 heterocycles. The summed E-state index contributed by atoms with van der Waals surface area (Å²) in [6.45, 7) is 1.84. The van der Waals surface area contributed by atoms with Crippen molar-refractivity contribution in [1.29, 1.82) is 0 Å². The van der Waals surface area contributed by atoms with Crippen molar-refractivity contribution in [3.05, 3.63) is 4.91 Å². The summed E-state index contributed by atoms with van der Waals surface area (Å²) < 4.78 is 7.12. The lowest BCUT2D eigenvalue weighted by atomic mass is 10.4. The molecule has 0 bridgehead atoms. The molecule has 1 amide bonds. The zero-order valence-corrected chi connectivity index (χ0v) is 8.63. The van der Waals surface area contributed by atoms with Gasteiger partial charge in [-0.2, -0.15) is 0 Å². The number of carbonyl (C=O) groups is 2. The van der Waals surface area contributed by atoms with E-state index in [0.29, 0.717) is 12.4 Å². The summed E-state index contributed by atoms with van der Waals surface area (Å²) in [5, 5.41) is 2.36. The highest BCUT2D eigenvalue weighted by atomic mass is 32.2. The number of nitrogens with zero attached hydrogens (tertiary/aromatic N) is 1. The number of rotatable bonds is 7. The molecule has 0 saturated heterocycles. The highest BCUT2D eigenvalue weighted by Gasteiger charge is 2.05. The second-order valence-electron chi connectivity index (χ2n) is 2.24. The van der Waals surface area contributed by atoms with Gasteiger partial charge >= 0.3 is 5.97 Å². The van der Waals surface area contributed by atoms with Gasteiger partial charge in [0.25, 0.3) is 0 Å². The van der Waals surface area contributed by atoms with Crippen LogP contribution in [0.1, 0.15) is 13.3 Å². The van der Waals surface area contributed by atoms with E-state index in [1.165, 1.54) is 0 Å². The molecule has 0 spiro atoms. The number of hydrogen-bond donors (Lipinski definition) is 1. The van der Waals surface area contributed by atoms with Crippen LogP contribution in [0, 0.1) is 4.91 Å². The van der Waals surface area contributed by atoms with E-state index in [4.69, 9.17) is 0 Å². The summed E-state index contributed by atoms with van der Waals surface area (Å²) in [6.07, 6.45) is 0.163. The van der Waals surface area contributed by atoms with Crippen molar-refractivity contribution in [1.82, 2.24) is 5.32 Å². The molecular weight excluding hydrogens is 208 g/mol. The van der Waals surface area contributed by atoms with Crippen LogP contribution in [0.2, 0.25) is 0 Å². The fourth-order valence-electron chi connectivity index (χ4n) is 0.647. The number of hydrogen-bond acceptors (Lipinski definition) is 6. The molecule has 0 radical (unpaired) electrons. The number of nitrogens with one attached hydrogen (secondary N) is 1. The zero-order chi connectivity index (χ0) is 10.8. The Kier molecular flexibility index (Phi) is 7.81. The van der Waals surface area contributed by atoms with Gasteiger partial charge in [0.15, 0.2) is 0 Å². The summed E-state index contributed by atoms with van der Waals surface area (Å²) in [5.74, 6) is -0.450. The van der Waals surface area contributed by atoms with Gasteiger partial charge in [0.05, 0.1) is 6.61 Å². The topological polar surface area (TPSA) is 84.8 Å². The highest BCUT2D eigenvalue weighted by molar-refractivity contribution is 7.97. The van der Waals surface area contributed by atoms with Gasteiger partial charge in [0, 0.05) is 28.7 Å². The summed E-state index contributed by atoms with van der Waals surface area (Å²) in [7, 11) is 0. The molecule has 7 heteroatoms. The van der Waals surface area contributed by atoms with Gasteiger partial charge in [-0.3, -0.25) is 9.59 Å². The Morgan fingerprint density at radius 3 is 2.79 bits per heavy atom. The molecule has 0 aromatic carbocycles. The number of carbonyl (C=O) groups excluding carboxylic acids is 2. The normalized spacial score (nSPS) is 9.21. The highest BCUT2D eigenvalue weighted by Crippen LogP contribution is 2.01. The smallest absolute Gasteiger partial charge is 0.325 e. The van der Waals surface area contributed by atoms with Gasteiger partial charge in [-0.1, -0.05) is 0 Å². The largest absolute Gasteiger partial charge is 0.465 e. The fourth-order valence-corrected chi connectivity index (χ4v) is 0.998. The van der Waals surface area contributed by atoms with E-state index < -0.39 is 5.97 Å². The van der Waals surface area contributed by atoms with E-state index in [9.17, 15) is 14.5 Å². The van der Waals surface area contributed by atoms with Crippen LogP contribution in [0.15, 0.2) is 4.58 Å². The maximum absolute atomic E-state index is 11.0. The lowest BCUT2D eigenvalue weighted by Gasteiger charge is -2.03. The average Bonchev–Trinajstić information content (AvgIpc) is 2.16. The van der Waals surface area contributed by atoms with E-state index >= 15 is 0 Å². The summed E-state index contributed by atoms with van der Waals surface area (Å²) in [4.78, 5) is 31.4. The zero-order valence-electron chi connectivity index (χ0n) is 7.82. The van der Waals surface area contributed by atoms with Crippen LogP contribution in [0.5, 0.6) is 0 Å². The van der Waals surface area contributed by atoms with Gasteiger partial charge < -0.3 is 10.1 Å². The molecule has 1 N–H and O–H groups in total. The Hall–Kier alpha value is -1.11. The molecule has 0 rings (SSSR count). The Balaban J connectivity index is 3.43. The van der Waals surface area contributed by atoms with Crippen LogP contribution in [0.4, 0.5) is 0 Å². The first-order valence-electron chi connectivity index (χ1n) is 4.07. The first-order chi connectivity index (χ1) is 6.70. The molecule has 80 valence electrons. The van der Waals surface area contributed by atoms with Gasteiger partial charge in [-0.25, -0.2) is 0 Å². The third-order valence-electron chi connectivity index (χ3n) is 1.21. The van der Waals surface area contributed by atoms with Crippen molar-refractivity contribution in [2.75, 3.05) is 18.9 Å². The molecule has 0 saturated carbocycles. The Bertz CT molecular complexity index is 210. The minimum atomic E-state index is -0.470. The number of ether oxygens (including phenoxy) is 1. The lowest BCUT2D eigenvalue weighted by molar-refractivity contribution is -0.143. The monoisotopic (exact) mass is 220 g/mol. The summed E-state index contributed by atoms with van der Waals surface area (Å²) >= 11 is 0.773. The second kappa shape index (κ2) is 8.49. The van der Waals surface area contributed by atoms with Crippen LogP contribution in [0.3, 0.4) is 0 Å². The predicted octanol–water partition coefficient (Wildman–Crippen LogP) is 0.470. The van der Waals surface area contributed by atoms with Gasteiger partial charge in [-0.15, -0.1) is 4.91 Å².